The Kier molecular flexibility index (Phi) is 4.00. The molecule has 0 fully saturated rings. The normalized spacial score (nSPS) is 12.8. The average Bonchev–Trinajstić information content (AvgIpc) is 1.87. The van der Waals surface area contributed by atoms with Gasteiger partial charge in [-0.15, -0.1) is 0 Å². The van der Waals surface area contributed by atoms with Gasteiger partial charge in [-0.25, -0.2) is 5.90 Å². The van der Waals surface area contributed by atoms with E-state index in [1.54, 1.807) is 6.92 Å². The number of carbonyl (C=O) groups excluding carboxylic acids is 1. The van der Waals surface area contributed by atoms with Gasteiger partial charge in [-0.2, -0.15) is 0 Å². The van der Waals surface area contributed by atoms with E-state index in [0.717, 1.165) is 0 Å². The van der Waals surface area contributed by atoms with Crippen molar-refractivity contribution in [3.8, 4) is 0 Å². The maximum atomic E-state index is 10.7. The van der Waals surface area contributed by atoms with Crippen LogP contribution in [0.1, 0.15) is 13.8 Å². The van der Waals surface area contributed by atoms with Crippen molar-refractivity contribution in [1.82, 2.24) is 5.32 Å². The Morgan fingerprint density at radius 3 is 2.78 bits per heavy atom. The summed E-state index contributed by atoms with van der Waals surface area (Å²) in [6, 6.07) is 0. The highest BCUT2D eigenvalue weighted by molar-refractivity contribution is 5.80. The van der Waals surface area contributed by atoms with Crippen molar-refractivity contribution in [2.24, 2.45) is 5.90 Å². The smallest absolute Gasteiger partial charge is 0.250 e. The molecule has 4 heteroatoms. The lowest BCUT2D eigenvalue weighted by Crippen LogP contribution is -2.35. The van der Waals surface area contributed by atoms with Gasteiger partial charge in [-0.1, -0.05) is 0 Å². The van der Waals surface area contributed by atoms with Crippen LogP contribution >= 0.6 is 0 Å². The summed E-state index contributed by atoms with van der Waals surface area (Å²) < 4.78 is 0. The quantitative estimate of drug-likeness (QED) is 0.504. The highest BCUT2D eigenvalue weighted by atomic mass is 16.6. The molecule has 1 amide bonds. The third-order valence-corrected chi connectivity index (χ3v) is 0.924. The highest BCUT2D eigenvalue weighted by Crippen LogP contribution is 1.82. The first-order chi connectivity index (χ1) is 4.22. The second kappa shape index (κ2) is 4.29. The van der Waals surface area contributed by atoms with E-state index in [9.17, 15) is 4.79 Å². The molecule has 4 nitrogen and oxygen atoms in total. The first-order valence-corrected chi connectivity index (χ1v) is 2.85. The molecule has 0 heterocycles. The standard InChI is InChI=1S/C5H12N2O2/c1-3-7-5(8)4(2)9-6/h4H,3,6H2,1-2H3,(H,7,8). The Bertz CT molecular complexity index is 95.0. The predicted octanol–water partition coefficient (Wildman–Crippen LogP) is -0.599. The van der Waals surface area contributed by atoms with Gasteiger partial charge in [-0.3, -0.25) is 9.63 Å². The van der Waals surface area contributed by atoms with Crippen LogP contribution < -0.4 is 11.2 Å². The number of hydrogen-bond donors (Lipinski definition) is 2. The molecule has 3 N–H and O–H groups in total. The van der Waals surface area contributed by atoms with Gasteiger partial charge in [-0.05, 0) is 13.8 Å². The van der Waals surface area contributed by atoms with Crippen molar-refractivity contribution in [3.05, 3.63) is 0 Å². The van der Waals surface area contributed by atoms with Crippen LogP contribution in [0.3, 0.4) is 0 Å². The fourth-order valence-electron chi connectivity index (χ4n) is 0.380. The van der Waals surface area contributed by atoms with Crippen LogP contribution in [-0.4, -0.2) is 18.6 Å². The van der Waals surface area contributed by atoms with Gasteiger partial charge in [0.15, 0.2) is 6.10 Å². The van der Waals surface area contributed by atoms with Gasteiger partial charge in [0.05, 0.1) is 0 Å². The molecule has 54 valence electrons. The molecule has 1 atom stereocenters. The van der Waals surface area contributed by atoms with Crippen LogP contribution in [-0.2, 0) is 9.63 Å². The molecule has 0 saturated carbocycles. The molecule has 0 aliphatic heterocycles. The molecular formula is C5H12N2O2. The summed E-state index contributed by atoms with van der Waals surface area (Å²) in [7, 11) is 0. The zero-order chi connectivity index (χ0) is 7.28. The maximum absolute atomic E-state index is 10.7. The second-order valence-corrected chi connectivity index (χ2v) is 1.67. The lowest BCUT2D eigenvalue weighted by Gasteiger charge is -2.06. The molecule has 0 bridgehead atoms. The van der Waals surface area contributed by atoms with Gasteiger partial charge < -0.3 is 5.32 Å². The molecule has 0 rings (SSSR count). The van der Waals surface area contributed by atoms with E-state index in [2.05, 4.69) is 10.2 Å². The van der Waals surface area contributed by atoms with Crippen LogP contribution in [0.5, 0.6) is 0 Å². The van der Waals surface area contributed by atoms with Gasteiger partial charge in [0.25, 0.3) is 5.91 Å². The number of amides is 1. The highest BCUT2D eigenvalue weighted by Gasteiger charge is 2.09. The first-order valence-electron chi connectivity index (χ1n) is 2.85. The maximum Gasteiger partial charge on any atom is 0.250 e. The van der Waals surface area contributed by atoms with Crippen LogP contribution in [0.4, 0.5) is 0 Å². The molecule has 0 saturated heterocycles. The molecule has 0 radical (unpaired) electrons. The van der Waals surface area contributed by atoms with Crippen molar-refractivity contribution in [2.45, 2.75) is 20.0 Å². The average molecular weight is 132 g/mol. The fraction of sp³-hybridized carbons (Fsp3) is 0.800. The fourth-order valence-corrected chi connectivity index (χ4v) is 0.380. The minimum Gasteiger partial charge on any atom is -0.354 e. The van der Waals surface area contributed by atoms with Crippen molar-refractivity contribution in [2.75, 3.05) is 6.54 Å². The van der Waals surface area contributed by atoms with Gasteiger partial charge >= 0.3 is 0 Å². The summed E-state index contributed by atoms with van der Waals surface area (Å²) in [5.41, 5.74) is 0. The Hall–Kier alpha value is -0.610. The minimum atomic E-state index is -0.551. The van der Waals surface area contributed by atoms with Crippen molar-refractivity contribution < 1.29 is 9.63 Å². The second-order valence-electron chi connectivity index (χ2n) is 1.67. The largest absolute Gasteiger partial charge is 0.354 e. The van der Waals surface area contributed by atoms with E-state index in [4.69, 9.17) is 5.90 Å². The topological polar surface area (TPSA) is 64.3 Å². The third kappa shape index (κ3) is 3.05. The van der Waals surface area contributed by atoms with Gasteiger partial charge in [0.2, 0.25) is 0 Å². The number of nitrogens with one attached hydrogen (secondary N) is 1. The van der Waals surface area contributed by atoms with E-state index in [1.807, 2.05) is 6.92 Å². The summed E-state index contributed by atoms with van der Waals surface area (Å²) >= 11 is 0. The van der Waals surface area contributed by atoms with E-state index in [0.29, 0.717) is 6.54 Å². The molecule has 0 aromatic heterocycles. The molecule has 0 spiro atoms. The summed E-state index contributed by atoms with van der Waals surface area (Å²) in [5.74, 6) is 4.56. The molecule has 0 aromatic rings. The number of carbonyl (C=O) groups is 1. The molecule has 1 unspecified atom stereocenters. The van der Waals surface area contributed by atoms with Crippen LogP contribution in [0.15, 0.2) is 0 Å². The zero-order valence-electron chi connectivity index (χ0n) is 5.68. The number of hydrogen-bond acceptors (Lipinski definition) is 3. The monoisotopic (exact) mass is 132 g/mol. The number of likely N-dealkylation sites (N-methyl/N-ethyl adjacent to an activating group) is 1. The van der Waals surface area contributed by atoms with Crippen LogP contribution in [0.2, 0.25) is 0 Å². The van der Waals surface area contributed by atoms with E-state index >= 15 is 0 Å². The lowest BCUT2D eigenvalue weighted by molar-refractivity contribution is -0.131. The molecule has 0 aliphatic carbocycles. The van der Waals surface area contributed by atoms with Crippen molar-refractivity contribution in [3.63, 3.8) is 0 Å². The van der Waals surface area contributed by atoms with Crippen molar-refractivity contribution >= 4 is 5.91 Å². The van der Waals surface area contributed by atoms with Crippen LogP contribution in [0, 0.1) is 0 Å². The molecule has 0 aliphatic rings. The third-order valence-electron chi connectivity index (χ3n) is 0.924. The zero-order valence-corrected chi connectivity index (χ0v) is 5.68. The number of rotatable bonds is 3. The number of nitrogens with two attached hydrogens (primary N) is 1. The minimum absolute atomic E-state index is 0.181. The predicted molar refractivity (Wildman–Crippen MR) is 33.4 cm³/mol. The van der Waals surface area contributed by atoms with E-state index in [1.165, 1.54) is 0 Å². The first kappa shape index (κ1) is 8.39. The summed E-state index contributed by atoms with van der Waals surface area (Å²) in [6.45, 7) is 4.03. The Morgan fingerprint density at radius 2 is 2.44 bits per heavy atom. The SMILES string of the molecule is CCNC(=O)C(C)ON. The van der Waals surface area contributed by atoms with Gasteiger partial charge in [0.1, 0.15) is 0 Å². The Balaban J connectivity index is 3.46. The van der Waals surface area contributed by atoms with Gasteiger partial charge in [0, 0.05) is 6.54 Å². The Labute approximate surface area is 54.3 Å². The van der Waals surface area contributed by atoms with E-state index in [-0.39, 0.29) is 5.91 Å². The van der Waals surface area contributed by atoms with E-state index < -0.39 is 6.10 Å². The lowest BCUT2D eigenvalue weighted by atomic mass is 10.4. The summed E-state index contributed by atoms with van der Waals surface area (Å²) in [6.07, 6.45) is -0.551. The molecule has 9 heavy (non-hydrogen) atoms. The van der Waals surface area contributed by atoms with Crippen LogP contribution in [0.25, 0.3) is 0 Å². The molecular weight excluding hydrogens is 120 g/mol. The van der Waals surface area contributed by atoms with Crippen molar-refractivity contribution in [1.29, 1.82) is 0 Å². The molecule has 0 aromatic carbocycles. The summed E-state index contributed by atoms with van der Waals surface area (Å²) in [5, 5.41) is 2.55. The summed E-state index contributed by atoms with van der Waals surface area (Å²) in [4.78, 5) is 14.9. The Morgan fingerprint density at radius 1 is 1.89 bits per heavy atom.